The highest BCUT2D eigenvalue weighted by Gasteiger charge is 2.43. The van der Waals surface area contributed by atoms with Gasteiger partial charge in [-0.3, -0.25) is 0 Å². The summed E-state index contributed by atoms with van der Waals surface area (Å²) in [5.41, 5.74) is 4.39. The second kappa shape index (κ2) is 9.74. The van der Waals surface area contributed by atoms with Crippen LogP contribution in [0.5, 0.6) is 0 Å². The minimum atomic E-state index is 0.674. The molecule has 1 aromatic carbocycles. The highest BCUT2D eigenvalue weighted by Crippen LogP contribution is 2.48. The van der Waals surface area contributed by atoms with E-state index in [2.05, 4.69) is 56.3 Å². The predicted octanol–water partition coefficient (Wildman–Crippen LogP) is 4.57. The lowest BCUT2D eigenvalue weighted by Crippen LogP contribution is -2.35. The van der Waals surface area contributed by atoms with E-state index >= 15 is 0 Å². The Morgan fingerprint density at radius 3 is 2.47 bits per heavy atom. The molecule has 0 unspecified atom stereocenters. The smallest absolute Gasteiger partial charge is 0.225 e. The number of hydrogen-bond donors (Lipinski definition) is 0. The number of ether oxygens (including phenoxy) is 1. The molecule has 5 rings (SSSR count). The molecule has 1 aliphatic heterocycles. The number of anilines is 1. The number of piperidine rings is 1. The maximum Gasteiger partial charge on any atom is 0.225 e. The molecule has 32 heavy (non-hydrogen) atoms. The largest absolute Gasteiger partial charge is 0.376 e. The molecule has 2 aliphatic rings. The third kappa shape index (κ3) is 4.96. The van der Waals surface area contributed by atoms with E-state index in [0.717, 1.165) is 61.1 Å². The van der Waals surface area contributed by atoms with Crippen molar-refractivity contribution in [1.29, 1.82) is 0 Å². The van der Waals surface area contributed by atoms with E-state index < -0.39 is 0 Å². The lowest BCUT2D eigenvalue weighted by Gasteiger charge is -2.32. The summed E-state index contributed by atoms with van der Waals surface area (Å²) in [7, 11) is 0. The van der Waals surface area contributed by atoms with Crippen LogP contribution in [0.15, 0.2) is 55.0 Å². The summed E-state index contributed by atoms with van der Waals surface area (Å²) in [6.07, 6.45) is 10.4. The van der Waals surface area contributed by atoms with Gasteiger partial charge in [0, 0.05) is 37.2 Å². The second-order valence-corrected chi connectivity index (χ2v) is 9.05. The van der Waals surface area contributed by atoms with Crippen molar-refractivity contribution in [3.8, 4) is 11.3 Å². The molecule has 1 saturated heterocycles. The SMILES string of the molecule is CCc1cnc(N2CCC([C@H]3C[C@H]3COCc3ccc(-c4cccnn4)cc3)CC2)nc1. The van der Waals surface area contributed by atoms with Gasteiger partial charge in [-0.2, -0.15) is 10.2 Å². The molecule has 2 aromatic heterocycles. The molecule has 1 aliphatic carbocycles. The quantitative estimate of drug-likeness (QED) is 0.523. The van der Waals surface area contributed by atoms with Gasteiger partial charge < -0.3 is 9.64 Å². The van der Waals surface area contributed by atoms with Gasteiger partial charge in [-0.25, -0.2) is 9.97 Å². The van der Waals surface area contributed by atoms with Crippen LogP contribution in [0.25, 0.3) is 11.3 Å². The van der Waals surface area contributed by atoms with Gasteiger partial charge in [0.2, 0.25) is 5.95 Å². The van der Waals surface area contributed by atoms with E-state index in [9.17, 15) is 0 Å². The fraction of sp³-hybridized carbons (Fsp3) is 0.462. The van der Waals surface area contributed by atoms with Crippen molar-refractivity contribution in [3.05, 3.63) is 66.1 Å². The molecule has 2 fully saturated rings. The first-order valence-electron chi connectivity index (χ1n) is 11.8. The highest BCUT2D eigenvalue weighted by molar-refractivity contribution is 5.58. The molecule has 1 saturated carbocycles. The van der Waals surface area contributed by atoms with Crippen LogP contribution < -0.4 is 4.90 Å². The second-order valence-electron chi connectivity index (χ2n) is 9.05. The van der Waals surface area contributed by atoms with E-state index in [0.29, 0.717) is 6.61 Å². The third-order valence-electron chi connectivity index (χ3n) is 6.93. The fourth-order valence-corrected chi connectivity index (χ4v) is 4.82. The predicted molar refractivity (Wildman–Crippen MR) is 125 cm³/mol. The van der Waals surface area contributed by atoms with E-state index in [1.54, 1.807) is 6.20 Å². The Kier molecular flexibility index (Phi) is 6.39. The minimum absolute atomic E-state index is 0.674. The number of benzene rings is 1. The Balaban J connectivity index is 1.03. The first-order chi connectivity index (χ1) is 15.8. The van der Waals surface area contributed by atoms with Gasteiger partial charge in [-0.05, 0) is 66.7 Å². The fourth-order valence-electron chi connectivity index (χ4n) is 4.82. The zero-order chi connectivity index (χ0) is 21.8. The van der Waals surface area contributed by atoms with Crippen molar-refractivity contribution in [3.63, 3.8) is 0 Å². The van der Waals surface area contributed by atoms with Gasteiger partial charge in [0.25, 0.3) is 0 Å². The maximum absolute atomic E-state index is 6.06. The van der Waals surface area contributed by atoms with Gasteiger partial charge in [-0.1, -0.05) is 31.2 Å². The van der Waals surface area contributed by atoms with Crippen LogP contribution in [0.1, 0.15) is 37.3 Å². The Morgan fingerprint density at radius 2 is 1.78 bits per heavy atom. The first kappa shape index (κ1) is 21.0. The molecular weight excluding hydrogens is 398 g/mol. The van der Waals surface area contributed by atoms with Crippen molar-refractivity contribution in [2.75, 3.05) is 24.6 Å². The molecule has 0 amide bonds. The van der Waals surface area contributed by atoms with E-state index in [1.807, 2.05) is 24.5 Å². The van der Waals surface area contributed by atoms with Crippen molar-refractivity contribution < 1.29 is 4.74 Å². The van der Waals surface area contributed by atoms with Crippen LogP contribution in [0.3, 0.4) is 0 Å². The first-order valence-corrected chi connectivity index (χ1v) is 11.8. The zero-order valence-corrected chi connectivity index (χ0v) is 18.7. The molecule has 6 heteroatoms. The number of hydrogen-bond acceptors (Lipinski definition) is 6. The van der Waals surface area contributed by atoms with Crippen LogP contribution >= 0.6 is 0 Å². The van der Waals surface area contributed by atoms with Gasteiger partial charge in [0.15, 0.2) is 0 Å². The van der Waals surface area contributed by atoms with E-state index in [1.165, 1.54) is 30.4 Å². The summed E-state index contributed by atoms with van der Waals surface area (Å²) < 4.78 is 6.06. The van der Waals surface area contributed by atoms with Gasteiger partial charge >= 0.3 is 0 Å². The monoisotopic (exact) mass is 429 g/mol. The number of aromatic nitrogens is 4. The summed E-state index contributed by atoms with van der Waals surface area (Å²) in [5.74, 6) is 3.27. The van der Waals surface area contributed by atoms with Crippen molar-refractivity contribution in [2.45, 2.75) is 39.2 Å². The molecule has 6 nitrogen and oxygen atoms in total. The van der Waals surface area contributed by atoms with E-state index in [-0.39, 0.29) is 0 Å². The molecule has 0 bridgehead atoms. The number of aryl methyl sites for hydroxylation is 1. The summed E-state index contributed by atoms with van der Waals surface area (Å²) in [5, 5.41) is 8.11. The minimum Gasteiger partial charge on any atom is -0.376 e. The van der Waals surface area contributed by atoms with E-state index in [4.69, 9.17) is 4.74 Å². The molecule has 166 valence electrons. The highest BCUT2D eigenvalue weighted by atomic mass is 16.5. The Bertz CT molecular complexity index is 985. The van der Waals surface area contributed by atoms with Gasteiger partial charge in [-0.15, -0.1) is 0 Å². The molecule has 3 heterocycles. The van der Waals surface area contributed by atoms with Crippen molar-refractivity contribution in [2.24, 2.45) is 17.8 Å². The molecule has 2 atom stereocenters. The molecule has 0 radical (unpaired) electrons. The average Bonchev–Trinajstić information content (AvgIpc) is 3.65. The third-order valence-corrected chi connectivity index (χ3v) is 6.93. The Hall–Kier alpha value is -2.86. The van der Waals surface area contributed by atoms with Crippen molar-refractivity contribution >= 4 is 5.95 Å². The van der Waals surface area contributed by atoms with Crippen molar-refractivity contribution in [1.82, 2.24) is 20.2 Å². The normalized spacial score (nSPS) is 21.0. The average molecular weight is 430 g/mol. The molecule has 0 N–H and O–H groups in total. The number of rotatable bonds is 8. The van der Waals surface area contributed by atoms with Crippen LogP contribution in [0.2, 0.25) is 0 Å². The standard InChI is InChI=1S/C26H31N5O/c1-2-19-15-27-26(28-16-19)31-12-9-21(10-13-31)24-14-23(24)18-32-17-20-5-7-22(8-6-20)25-4-3-11-29-30-25/h3-8,11,15-16,21,23-24H,2,9-10,12-14,17-18H2,1H3/t23-,24+/m0/s1. The maximum atomic E-state index is 6.06. The van der Waals surface area contributed by atoms with Crippen LogP contribution in [-0.4, -0.2) is 39.9 Å². The summed E-state index contributed by atoms with van der Waals surface area (Å²) in [4.78, 5) is 11.4. The lowest BCUT2D eigenvalue weighted by molar-refractivity contribution is 0.104. The van der Waals surface area contributed by atoms with Crippen LogP contribution in [-0.2, 0) is 17.8 Å². The topological polar surface area (TPSA) is 64.0 Å². The van der Waals surface area contributed by atoms with Crippen LogP contribution in [0, 0.1) is 17.8 Å². The summed E-state index contributed by atoms with van der Waals surface area (Å²) in [6.45, 7) is 5.82. The lowest BCUT2D eigenvalue weighted by atomic mass is 9.91. The zero-order valence-electron chi connectivity index (χ0n) is 18.7. The van der Waals surface area contributed by atoms with Gasteiger partial charge in [0.1, 0.15) is 0 Å². The Morgan fingerprint density at radius 1 is 1.00 bits per heavy atom. The van der Waals surface area contributed by atoms with Crippen LogP contribution in [0.4, 0.5) is 5.95 Å². The molecular formula is C26H31N5O. The summed E-state index contributed by atoms with van der Waals surface area (Å²) >= 11 is 0. The van der Waals surface area contributed by atoms with Gasteiger partial charge in [0.05, 0.1) is 18.9 Å². The number of nitrogens with zero attached hydrogens (tertiary/aromatic N) is 5. The molecule has 0 spiro atoms. The Labute approximate surface area is 190 Å². The summed E-state index contributed by atoms with van der Waals surface area (Å²) in [6, 6.07) is 12.3. The molecule has 3 aromatic rings.